The van der Waals surface area contributed by atoms with Crippen LogP contribution in [-0.2, 0) is 6.42 Å². The SMILES string of the molecule is COc1ccc2cccc(CC(O)c3ccsc3)c2c1. The highest BCUT2D eigenvalue weighted by Gasteiger charge is 2.11. The summed E-state index contributed by atoms with van der Waals surface area (Å²) in [5, 5.41) is 16.6. The summed E-state index contributed by atoms with van der Waals surface area (Å²) >= 11 is 1.61. The zero-order chi connectivity index (χ0) is 13.9. The number of hydrogen-bond donors (Lipinski definition) is 1. The molecule has 0 spiro atoms. The van der Waals surface area contributed by atoms with Crippen molar-refractivity contribution >= 4 is 22.1 Å². The van der Waals surface area contributed by atoms with E-state index in [0.717, 1.165) is 22.3 Å². The third-order valence-electron chi connectivity index (χ3n) is 3.52. The van der Waals surface area contributed by atoms with E-state index in [4.69, 9.17) is 4.74 Å². The second-order valence-corrected chi connectivity index (χ2v) is 5.56. The van der Waals surface area contributed by atoms with Crippen LogP contribution in [0.2, 0.25) is 0 Å². The lowest BCUT2D eigenvalue weighted by atomic mass is 9.97. The van der Waals surface area contributed by atoms with Gasteiger partial charge in [-0.2, -0.15) is 11.3 Å². The molecule has 0 amide bonds. The molecule has 0 radical (unpaired) electrons. The van der Waals surface area contributed by atoms with Gasteiger partial charge < -0.3 is 9.84 Å². The topological polar surface area (TPSA) is 29.5 Å². The van der Waals surface area contributed by atoms with Crippen LogP contribution in [0.3, 0.4) is 0 Å². The molecular formula is C17H16O2S. The van der Waals surface area contributed by atoms with Gasteiger partial charge >= 0.3 is 0 Å². The van der Waals surface area contributed by atoms with E-state index in [1.54, 1.807) is 18.4 Å². The zero-order valence-electron chi connectivity index (χ0n) is 11.2. The van der Waals surface area contributed by atoms with Gasteiger partial charge in [0.05, 0.1) is 13.2 Å². The fourth-order valence-electron chi connectivity index (χ4n) is 2.41. The first-order valence-corrected chi connectivity index (χ1v) is 7.48. The number of rotatable bonds is 4. The van der Waals surface area contributed by atoms with Crippen LogP contribution < -0.4 is 4.74 Å². The van der Waals surface area contributed by atoms with Gasteiger partial charge in [0, 0.05) is 6.42 Å². The number of thiophene rings is 1. The molecule has 0 saturated carbocycles. The van der Waals surface area contributed by atoms with Crippen molar-refractivity contribution in [1.82, 2.24) is 0 Å². The lowest BCUT2D eigenvalue weighted by Gasteiger charge is -2.12. The second-order valence-electron chi connectivity index (χ2n) is 4.78. The molecule has 0 aliphatic rings. The third-order valence-corrected chi connectivity index (χ3v) is 4.22. The van der Waals surface area contributed by atoms with Gasteiger partial charge in [-0.15, -0.1) is 0 Å². The lowest BCUT2D eigenvalue weighted by Crippen LogP contribution is -2.01. The van der Waals surface area contributed by atoms with Crippen molar-refractivity contribution < 1.29 is 9.84 Å². The molecule has 0 aliphatic carbocycles. The van der Waals surface area contributed by atoms with Crippen molar-refractivity contribution in [1.29, 1.82) is 0 Å². The number of fused-ring (bicyclic) bond motifs is 1. The fourth-order valence-corrected chi connectivity index (χ4v) is 3.12. The van der Waals surface area contributed by atoms with Gasteiger partial charge in [-0.25, -0.2) is 0 Å². The van der Waals surface area contributed by atoms with Crippen LogP contribution in [0.25, 0.3) is 10.8 Å². The Hall–Kier alpha value is -1.84. The first kappa shape index (κ1) is 13.2. The van der Waals surface area contributed by atoms with Gasteiger partial charge in [-0.05, 0) is 50.9 Å². The zero-order valence-corrected chi connectivity index (χ0v) is 12.1. The van der Waals surface area contributed by atoms with Crippen LogP contribution in [0.1, 0.15) is 17.2 Å². The minimum Gasteiger partial charge on any atom is -0.497 e. The van der Waals surface area contributed by atoms with E-state index < -0.39 is 6.10 Å². The molecule has 20 heavy (non-hydrogen) atoms. The highest BCUT2D eigenvalue weighted by atomic mass is 32.1. The summed E-state index contributed by atoms with van der Waals surface area (Å²) in [6.45, 7) is 0. The first-order valence-electron chi connectivity index (χ1n) is 6.54. The molecular weight excluding hydrogens is 268 g/mol. The Morgan fingerprint density at radius 3 is 2.85 bits per heavy atom. The Morgan fingerprint density at radius 1 is 1.20 bits per heavy atom. The average molecular weight is 284 g/mol. The van der Waals surface area contributed by atoms with Gasteiger partial charge in [-0.3, -0.25) is 0 Å². The molecule has 3 rings (SSSR count). The molecule has 3 aromatic rings. The number of hydrogen-bond acceptors (Lipinski definition) is 3. The summed E-state index contributed by atoms with van der Waals surface area (Å²) in [6, 6.07) is 14.2. The molecule has 1 aromatic heterocycles. The molecule has 102 valence electrons. The van der Waals surface area contributed by atoms with Crippen LogP contribution in [0, 0.1) is 0 Å². The maximum Gasteiger partial charge on any atom is 0.119 e. The Kier molecular flexibility index (Phi) is 3.72. The quantitative estimate of drug-likeness (QED) is 0.778. The number of aliphatic hydroxyl groups excluding tert-OH is 1. The van der Waals surface area contributed by atoms with Gasteiger partial charge in [0.1, 0.15) is 5.75 Å². The van der Waals surface area contributed by atoms with Crippen LogP contribution >= 0.6 is 11.3 Å². The molecule has 2 aromatic carbocycles. The second kappa shape index (κ2) is 5.65. The lowest BCUT2D eigenvalue weighted by molar-refractivity contribution is 0.179. The average Bonchev–Trinajstić information content (AvgIpc) is 3.01. The van der Waals surface area contributed by atoms with E-state index in [1.807, 2.05) is 35.0 Å². The molecule has 3 heteroatoms. The smallest absolute Gasteiger partial charge is 0.119 e. The fraction of sp³-hybridized carbons (Fsp3) is 0.176. The van der Waals surface area contributed by atoms with E-state index in [0.29, 0.717) is 6.42 Å². The number of aliphatic hydroxyl groups is 1. The normalized spacial score (nSPS) is 12.5. The van der Waals surface area contributed by atoms with E-state index in [1.165, 1.54) is 5.39 Å². The molecule has 0 saturated heterocycles. The van der Waals surface area contributed by atoms with E-state index in [9.17, 15) is 5.11 Å². The molecule has 0 bridgehead atoms. The Morgan fingerprint density at radius 2 is 2.10 bits per heavy atom. The summed E-state index contributed by atoms with van der Waals surface area (Å²) in [7, 11) is 1.67. The van der Waals surface area contributed by atoms with E-state index in [-0.39, 0.29) is 0 Å². The van der Waals surface area contributed by atoms with Crippen molar-refractivity contribution in [2.75, 3.05) is 7.11 Å². The predicted molar refractivity (Wildman–Crippen MR) is 83.5 cm³/mol. The summed E-state index contributed by atoms with van der Waals surface area (Å²) in [5.74, 6) is 0.843. The molecule has 0 aliphatic heterocycles. The maximum absolute atomic E-state index is 10.3. The molecule has 2 nitrogen and oxygen atoms in total. The highest BCUT2D eigenvalue weighted by molar-refractivity contribution is 7.07. The molecule has 1 N–H and O–H groups in total. The molecule has 1 atom stereocenters. The third kappa shape index (κ3) is 2.55. The largest absolute Gasteiger partial charge is 0.497 e. The minimum atomic E-state index is -0.460. The monoisotopic (exact) mass is 284 g/mol. The van der Waals surface area contributed by atoms with Gasteiger partial charge in [0.2, 0.25) is 0 Å². The van der Waals surface area contributed by atoms with Gasteiger partial charge in [-0.1, -0.05) is 24.3 Å². The standard InChI is InChI=1S/C17H16O2S/c1-19-15-6-5-12-3-2-4-13(16(12)10-15)9-17(18)14-7-8-20-11-14/h2-8,10-11,17-18H,9H2,1H3. The minimum absolute atomic E-state index is 0.460. The Bertz CT molecular complexity index is 704. The van der Waals surface area contributed by atoms with Crippen molar-refractivity contribution in [2.45, 2.75) is 12.5 Å². The van der Waals surface area contributed by atoms with Gasteiger partial charge in [0.25, 0.3) is 0 Å². The van der Waals surface area contributed by atoms with Crippen molar-refractivity contribution in [2.24, 2.45) is 0 Å². The van der Waals surface area contributed by atoms with Crippen LogP contribution in [0.5, 0.6) is 5.75 Å². The van der Waals surface area contributed by atoms with E-state index in [2.05, 4.69) is 18.2 Å². The maximum atomic E-state index is 10.3. The molecule has 0 fully saturated rings. The van der Waals surface area contributed by atoms with Crippen LogP contribution in [0.4, 0.5) is 0 Å². The summed E-state index contributed by atoms with van der Waals surface area (Å²) in [6.07, 6.45) is 0.152. The highest BCUT2D eigenvalue weighted by Crippen LogP contribution is 2.28. The van der Waals surface area contributed by atoms with Crippen molar-refractivity contribution in [3.63, 3.8) is 0 Å². The van der Waals surface area contributed by atoms with Crippen molar-refractivity contribution in [3.8, 4) is 5.75 Å². The van der Waals surface area contributed by atoms with E-state index >= 15 is 0 Å². The number of benzene rings is 2. The van der Waals surface area contributed by atoms with Crippen LogP contribution in [-0.4, -0.2) is 12.2 Å². The van der Waals surface area contributed by atoms with Crippen LogP contribution in [0.15, 0.2) is 53.2 Å². The summed E-state index contributed by atoms with van der Waals surface area (Å²) in [5.41, 5.74) is 2.12. The first-order chi connectivity index (χ1) is 9.78. The predicted octanol–water partition coefficient (Wildman–Crippen LogP) is 4.19. The number of ether oxygens (including phenoxy) is 1. The summed E-state index contributed by atoms with van der Waals surface area (Å²) in [4.78, 5) is 0. The molecule has 1 unspecified atom stereocenters. The molecule has 1 heterocycles. The van der Waals surface area contributed by atoms with Crippen molar-refractivity contribution in [3.05, 3.63) is 64.4 Å². The van der Waals surface area contributed by atoms with Gasteiger partial charge in [0.15, 0.2) is 0 Å². The Balaban J connectivity index is 1.98. The number of methoxy groups -OCH3 is 1. The summed E-state index contributed by atoms with van der Waals surface area (Å²) < 4.78 is 5.29. The Labute approximate surface area is 122 Å².